The van der Waals surface area contributed by atoms with Crippen molar-refractivity contribution in [2.75, 3.05) is 13.7 Å². The van der Waals surface area contributed by atoms with Gasteiger partial charge in [-0.1, -0.05) is 24.3 Å². The van der Waals surface area contributed by atoms with Crippen molar-refractivity contribution in [2.24, 2.45) is 0 Å². The van der Waals surface area contributed by atoms with E-state index in [9.17, 15) is 14.0 Å². The summed E-state index contributed by atoms with van der Waals surface area (Å²) >= 11 is 0. The molecule has 0 unspecified atom stereocenters. The third kappa shape index (κ3) is 4.68. The van der Waals surface area contributed by atoms with Gasteiger partial charge in [-0.25, -0.2) is 4.39 Å². The molecule has 5 rings (SSSR count). The summed E-state index contributed by atoms with van der Waals surface area (Å²) in [6, 6.07) is 10.1. The minimum Gasteiger partial charge on any atom is -0.493 e. The van der Waals surface area contributed by atoms with Crippen molar-refractivity contribution in [1.29, 1.82) is 0 Å². The molecule has 5 nitrogen and oxygen atoms in total. The highest BCUT2D eigenvalue weighted by Gasteiger charge is 2.43. The lowest BCUT2D eigenvalue weighted by Crippen LogP contribution is -2.39. The molecule has 0 saturated heterocycles. The van der Waals surface area contributed by atoms with Crippen LogP contribution >= 0.6 is 0 Å². The lowest BCUT2D eigenvalue weighted by Gasteiger charge is -2.43. The number of hydrogen-bond acceptors (Lipinski definition) is 5. The summed E-state index contributed by atoms with van der Waals surface area (Å²) in [7, 11) is 1.59. The van der Waals surface area contributed by atoms with Gasteiger partial charge in [0.05, 0.1) is 7.11 Å². The zero-order valence-electron chi connectivity index (χ0n) is 22.1. The number of ketones is 2. The smallest absolute Gasteiger partial charge is 0.165 e. The highest BCUT2D eigenvalue weighted by molar-refractivity contribution is 6.06. The Hall–Kier alpha value is -3.67. The standard InChI is InChI=1S/C32H34FNO4/c1-4-8-21-17-22(18-28(37-3)32(21)38-19-20-13-15-23(33)16-14-20)29-30-24(9-6-11-26(30)35)34(5-2)25-10-7-12-27(36)31(25)29/h4,13-18,29H,1,5-12,19H2,2-3H3. The second-order valence-corrected chi connectivity index (χ2v) is 10.1. The van der Waals surface area contributed by atoms with Crippen molar-refractivity contribution in [3.05, 3.63) is 94.1 Å². The first-order chi connectivity index (χ1) is 18.5. The minimum atomic E-state index is -0.410. The van der Waals surface area contributed by atoms with E-state index in [0.29, 0.717) is 30.8 Å². The third-order valence-electron chi connectivity index (χ3n) is 7.77. The van der Waals surface area contributed by atoms with Crippen LogP contribution < -0.4 is 9.47 Å². The SMILES string of the molecule is C=CCc1cc(C2C3=C(CCCC3=O)N(CC)C3=C2C(=O)CCC3)cc(OC)c1OCc1ccc(F)cc1. The summed E-state index contributed by atoms with van der Waals surface area (Å²) < 4.78 is 25.4. The minimum absolute atomic E-state index is 0.125. The largest absolute Gasteiger partial charge is 0.493 e. The average molecular weight is 516 g/mol. The van der Waals surface area contributed by atoms with Crippen LogP contribution in [0.4, 0.5) is 4.39 Å². The summed E-state index contributed by atoms with van der Waals surface area (Å²) in [6.45, 7) is 7.01. The molecule has 1 aliphatic heterocycles. The quantitative estimate of drug-likeness (QED) is 0.372. The van der Waals surface area contributed by atoms with E-state index in [1.165, 1.54) is 12.1 Å². The number of allylic oxidation sites excluding steroid dienone is 5. The summed E-state index contributed by atoms with van der Waals surface area (Å²) in [5, 5.41) is 0. The van der Waals surface area contributed by atoms with Crippen molar-refractivity contribution < 1.29 is 23.5 Å². The molecule has 2 aliphatic carbocycles. The monoisotopic (exact) mass is 515 g/mol. The van der Waals surface area contributed by atoms with Crippen molar-refractivity contribution >= 4 is 11.6 Å². The van der Waals surface area contributed by atoms with E-state index in [4.69, 9.17) is 9.47 Å². The van der Waals surface area contributed by atoms with Gasteiger partial charge >= 0.3 is 0 Å². The molecule has 1 heterocycles. The highest BCUT2D eigenvalue weighted by Crippen LogP contribution is 2.50. The van der Waals surface area contributed by atoms with Gasteiger partial charge in [0.15, 0.2) is 23.1 Å². The molecule has 0 bridgehead atoms. The molecule has 2 aromatic carbocycles. The predicted octanol–water partition coefficient (Wildman–Crippen LogP) is 6.58. The van der Waals surface area contributed by atoms with Crippen LogP contribution in [0.25, 0.3) is 0 Å². The maximum absolute atomic E-state index is 13.5. The maximum Gasteiger partial charge on any atom is 0.165 e. The van der Waals surface area contributed by atoms with Crippen LogP contribution in [0.2, 0.25) is 0 Å². The number of carbonyl (C=O) groups is 2. The van der Waals surface area contributed by atoms with E-state index in [2.05, 4.69) is 18.4 Å². The zero-order valence-corrected chi connectivity index (χ0v) is 22.1. The molecule has 198 valence electrons. The Morgan fingerprint density at radius 3 is 2.18 bits per heavy atom. The number of halogens is 1. The molecule has 0 spiro atoms. The Balaban J connectivity index is 1.63. The van der Waals surface area contributed by atoms with Gasteiger partial charge in [0.1, 0.15) is 12.4 Å². The molecule has 0 atom stereocenters. The molecule has 3 aliphatic rings. The van der Waals surface area contributed by atoms with E-state index in [1.807, 2.05) is 12.1 Å². The lowest BCUT2D eigenvalue weighted by atomic mass is 9.70. The van der Waals surface area contributed by atoms with E-state index >= 15 is 0 Å². The summed E-state index contributed by atoms with van der Waals surface area (Å²) in [5.74, 6) is 0.664. The molecule has 0 amide bonds. The Morgan fingerprint density at radius 2 is 1.63 bits per heavy atom. The summed E-state index contributed by atoms with van der Waals surface area (Å²) in [6.07, 6.45) is 6.67. The van der Waals surface area contributed by atoms with Gasteiger partial charge in [0.25, 0.3) is 0 Å². The molecular formula is C32H34FNO4. The van der Waals surface area contributed by atoms with Gasteiger partial charge < -0.3 is 14.4 Å². The van der Waals surface area contributed by atoms with E-state index in [-0.39, 0.29) is 24.0 Å². The van der Waals surface area contributed by atoms with Crippen LogP contribution in [0, 0.1) is 5.82 Å². The molecule has 0 aromatic heterocycles. The fourth-order valence-corrected chi connectivity index (χ4v) is 6.14. The normalized spacial score (nSPS) is 17.9. The number of ether oxygens (including phenoxy) is 2. The Labute approximate surface area is 223 Å². The number of Topliss-reactive ketones (excluding diaryl/α,β-unsaturated/α-hetero) is 2. The fourth-order valence-electron chi connectivity index (χ4n) is 6.14. The van der Waals surface area contributed by atoms with E-state index in [1.54, 1.807) is 25.3 Å². The Bertz CT molecular complexity index is 1290. The zero-order chi connectivity index (χ0) is 26.8. The first-order valence-corrected chi connectivity index (χ1v) is 13.5. The van der Waals surface area contributed by atoms with Crippen LogP contribution in [0.15, 0.2) is 71.6 Å². The van der Waals surface area contributed by atoms with Crippen molar-refractivity contribution in [3.8, 4) is 11.5 Å². The number of rotatable bonds is 8. The second-order valence-electron chi connectivity index (χ2n) is 10.1. The summed E-state index contributed by atoms with van der Waals surface area (Å²) in [4.78, 5) is 29.1. The molecular weight excluding hydrogens is 481 g/mol. The van der Waals surface area contributed by atoms with Crippen molar-refractivity contribution in [2.45, 2.75) is 64.4 Å². The van der Waals surface area contributed by atoms with Crippen molar-refractivity contribution in [3.63, 3.8) is 0 Å². The van der Waals surface area contributed by atoms with Gasteiger partial charge in [-0.15, -0.1) is 6.58 Å². The van der Waals surface area contributed by atoms with Crippen molar-refractivity contribution in [1.82, 2.24) is 4.90 Å². The van der Waals surface area contributed by atoms with Gasteiger partial charge in [-0.05, 0) is 68.4 Å². The van der Waals surface area contributed by atoms with Gasteiger partial charge in [-0.3, -0.25) is 9.59 Å². The van der Waals surface area contributed by atoms with Crippen LogP contribution in [0.1, 0.15) is 68.1 Å². The molecule has 0 saturated carbocycles. The average Bonchev–Trinajstić information content (AvgIpc) is 2.92. The number of hydrogen-bond donors (Lipinski definition) is 0. The van der Waals surface area contributed by atoms with Crippen LogP contribution in [0.3, 0.4) is 0 Å². The number of benzene rings is 2. The van der Waals surface area contributed by atoms with Gasteiger partial charge in [-0.2, -0.15) is 0 Å². The van der Waals surface area contributed by atoms with Gasteiger partial charge in [0.2, 0.25) is 0 Å². The van der Waals surface area contributed by atoms with Crippen LogP contribution in [0.5, 0.6) is 11.5 Å². The molecule has 2 aromatic rings. The van der Waals surface area contributed by atoms with Crippen LogP contribution in [-0.2, 0) is 22.6 Å². The lowest BCUT2D eigenvalue weighted by molar-refractivity contribution is -0.117. The Morgan fingerprint density at radius 1 is 1.00 bits per heavy atom. The molecule has 6 heteroatoms. The number of nitrogens with zero attached hydrogens (tertiary/aromatic N) is 1. The Kier molecular flexibility index (Phi) is 7.50. The molecule has 0 N–H and O–H groups in total. The topological polar surface area (TPSA) is 55.8 Å². The maximum atomic E-state index is 13.5. The summed E-state index contributed by atoms with van der Waals surface area (Å²) in [5.41, 5.74) is 6.24. The van der Waals surface area contributed by atoms with E-state index in [0.717, 1.165) is 71.5 Å². The van der Waals surface area contributed by atoms with Gasteiger partial charge in [0, 0.05) is 53.4 Å². The molecule has 0 radical (unpaired) electrons. The van der Waals surface area contributed by atoms with E-state index < -0.39 is 5.92 Å². The first-order valence-electron chi connectivity index (χ1n) is 13.5. The molecule has 38 heavy (non-hydrogen) atoms. The number of methoxy groups -OCH3 is 1. The first kappa shape index (κ1) is 26.0. The second kappa shape index (κ2) is 11.0. The van der Waals surface area contributed by atoms with Crippen LogP contribution in [-0.4, -0.2) is 30.1 Å². The highest BCUT2D eigenvalue weighted by atomic mass is 19.1. The third-order valence-corrected chi connectivity index (χ3v) is 7.77. The predicted molar refractivity (Wildman–Crippen MR) is 145 cm³/mol. The fraction of sp³-hybridized carbons (Fsp3) is 0.375. The molecule has 0 fully saturated rings. The number of carbonyl (C=O) groups excluding carboxylic acids is 2.